The second kappa shape index (κ2) is 7.62. The molecule has 0 bridgehead atoms. The number of ether oxygens (including phenoxy) is 1. The van der Waals surface area contributed by atoms with E-state index in [0.717, 1.165) is 0 Å². The van der Waals surface area contributed by atoms with Crippen LogP contribution in [0.1, 0.15) is 13.8 Å². The molecule has 0 saturated heterocycles. The Morgan fingerprint density at radius 2 is 1.22 bits per heavy atom. The highest BCUT2D eigenvalue weighted by atomic mass is 19.1. The third-order valence-corrected chi connectivity index (χ3v) is 4.39. The largest absolute Gasteiger partial charge is 0.504 e. The van der Waals surface area contributed by atoms with Gasteiger partial charge in [0.1, 0.15) is 0 Å². The van der Waals surface area contributed by atoms with E-state index in [4.69, 9.17) is 4.74 Å². The quantitative estimate of drug-likeness (QED) is 0.429. The number of fused-ring (bicyclic) bond motifs is 2. The molecule has 0 aliphatic rings. The summed E-state index contributed by atoms with van der Waals surface area (Å²) in [7, 11) is 1.36. The molecule has 0 spiro atoms. The molecular formula is C23H20F2O2. The minimum atomic E-state index is -0.760. The summed E-state index contributed by atoms with van der Waals surface area (Å²) in [5, 5.41) is 13.0. The van der Waals surface area contributed by atoms with Gasteiger partial charge in [-0.3, -0.25) is 0 Å². The van der Waals surface area contributed by atoms with Crippen LogP contribution in [0.15, 0.2) is 60.7 Å². The lowest BCUT2D eigenvalue weighted by atomic mass is 9.92. The molecule has 0 atom stereocenters. The fraction of sp³-hybridized carbons (Fsp3) is 0.130. The van der Waals surface area contributed by atoms with Gasteiger partial charge in [-0.15, -0.1) is 0 Å². The lowest BCUT2D eigenvalue weighted by Crippen LogP contribution is -1.96. The second-order valence-electron chi connectivity index (χ2n) is 5.79. The first-order valence-electron chi connectivity index (χ1n) is 8.77. The summed E-state index contributed by atoms with van der Waals surface area (Å²) < 4.78 is 34.2. The molecule has 4 rings (SSSR count). The fourth-order valence-electron chi connectivity index (χ4n) is 3.30. The first kappa shape index (κ1) is 18.6. The van der Waals surface area contributed by atoms with Crippen molar-refractivity contribution < 1.29 is 18.6 Å². The summed E-state index contributed by atoms with van der Waals surface area (Å²) in [4.78, 5) is 0. The van der Waals surface area contributed by atoms with Gasteiger partial charge in [0.15, 0.2) is 23.1 Å². The SMILES string of the molecule is CC.COc1c(F)cc2ccccc2c1-c1c(O)c(F)cc2ccccc12. The number of hydrogen-bond donors (Lipinski definition) is 1. The van der Waals surface area contributed by atoms with Crippen LogP contribution < -0.4 is 4.74 Å². The molecule has 138 valence electrons. The van der Waals surface area contributed by atoms with E-state index in [0.29, 0.717) is 27.1 Å². The lowest BCUT2D eigenvalue weighted by Gasteiger charge is -2.17. The van der Waals surface area contributed by atoms with E-state index < -0.39 is 17.4 Å². The van der Waals surface area contributed by atoms with Gasteiger partial charge in [0.05, 0.1) is 7.11 Å². The van der Waals surface area contributed by atoms with Crippen LogP contribution in [0, 0.1) is 11.6 Å². The van der Waals surface area contributed by atoms with E-state index in [1.54, 1.807) is 42.5 Å². The molecule has 27 heavy (non-hydrogen) atoms. The zero-order valence-electron chi connectivity index (χ0n) is 15.4. The molecule has 0 saturated carbocycles. The third-order valence-electron chi connectivity index (χ3n) is 4.39. The van der Waals surface area contributed by atoms with Crippen LogP contribution in [-0.2, 0) is 0 Å². The predicted octanol–water partition coefficient (Wildman–Crippen LogP) is 6.68. The number of benzene rings is 4. The lowest BCUT2D eigenvalue weighted by molar-refractivity contribution is 0.388. The van der Waals surface area contributed by atoms with Gasteiger partial charge >= 0.3 is 0 Å². The number of halogens is 2. The van der Waals surface area contributed by atoms with Crippen LogP contribution in [0.25, 0.3) is 32.7 Å². The Kier molecular flexibility index (Phi) is 5.26. The van der Waals surface area contributed by atoms with Gasteiger partial charge in [0.2, 0.25) is 0 Å². The molecular weight excluding hydrogens is 346 g/mol. The van der Waals surface area contributed by atoms with E-state index >= 15 is 0 Å². The molecule has 1 N–H and O–H groups in total. The summed E-state index contributed by atoms with van der Waals surface area (Å²) in [5.74, 6) is -1.87. The maximum atomic E-state index is 14.6. The van der Waals surface area contributed by atoms with Gasteiger partial charge in [-0.1, -0.05) is 62.4 Å². The van der Waals surface area contributed by atoms with Crippen molar-refractivity contribution in [3.05, 3.63) is 72.3 Å². The van der Waals surface area contributed by atoms with E-state index in [1.807, 2.05) is 19.9 Å². The number of rotatable bonds is 2. The monoisotopic (exact) mass is 366 g/mol. The van der Waals surface area contributed by atoms with Crippen molar-refractivity contribution in [1.82, 2.24) is 0 Å². The summed E-state index contributed by atoms with van der Waals surface area (Å²) in [5.41, 5.74) is 0.564. The van der Waals surface area contributed by atoms with Gasteiger partial charge in [0, 0.05) is 11.1 Å². The summed E-state index contributed by atoms with van der Waals surface area (Å²) >= 11 is 0. The predicted molar refractivity (Wildman–Crippen MR) is 106 cm³/mol. The number of hydrogen-bond acceptors (Lipinski definition) is 2. The molecule has 0 aromatic heterocycles. The van der Waals surface area contributed by atoms with Crippen molar-refractivity contribution in [2.24, 2.45) is 0 Å². The average Bonchev–Trinajstić information content (AvgIpc) is 2.70. The fourth-order valence-corrected chi connectivity index (χ4v) is 3.30. The van der Waals surface area contributed by atoms with Crippen molar-refractivity contribution in [1.29, 1.82) is 0 Å². The van der Waals surface area contributed by atoms with Crippen LogP contribution in [-0.4, -0.2) is 12.2 Å². The van der Waals surface area contributed by atoms with Crippen molar-refractivity contribution in [2.45, 2.75) is 13.8 Å². The second-order valence-corrected chi connectivity index (χ2v) is 5.79. The summed E-state index contributed by atoms with van der Waals surface area (Å²) in [6.07, 6.45) is 0. The minimum absolute atomic E-state index is 0.0234. The molecule has 0 fully saturated rings. The van der Waals surface area contributed by atoms with Gasteiger partial charge < -0.3 is 9.84 Å². The van der Waals surface area contributed by atoms with Crippen molar-refractivity contribution in [3.63, 3.8) is 0 Å². The minimum Gasteiger partial charge on any atom is -0.504 e. The first-order chi connectivity index (χ1) is 13.1. The smallest absolute Gasteiger partial charge is 0.166 e. The molecule has 4 heteroatoms. The molecule has 2 nitrogen and oxygen atoms in total. The van der Waals surface area contributed by atoms with Crippen LogP contribution in [0.2, 0.25) is 0 Å². The molecule has 4 aromatic carbocycles. The van der Waals surface area contributed by atoms with E-state index in [9.17, 15) is 13.9 Å². The maximum absolute atomic E-state index is 14.6. The molecule has 4 aromatic rings. The highest BCUT2D eigenvalue weighted by Gasteiger charge is 2.22. The van der Waals surface area contributed by atoms with Crippen LogP contribution in [0.5, 0.6) is 11.5 Å². The van der Waals surface area contributed by atoms with Gasteiger partial charge in [-0.05, 0) is 33.7 Å². The Labute approximate surface area is 156 Å². The highest BCUT2D eigenvalue weighted by Crippen LogP contribution is 2.46. The Morgan fingerprint density at radius 1 is 0.741 bits per heavy atom. The number of phenolic OH excluding ortho intramolecular Hbond substituents is 1. The molecule has 0 aliphatic heterocycles. The van der Waals surface area contributed by atoms with Crippen molar-refractivity contribution >= 4 is 21.5 Å². The van der Waals surface area contributed by atoms with Crippen molar-refractivity contribution in [3.8, 4) is 22.6 Å². The topological polar surface area (TPSA) is 29.5 Å². The Bertz CT molecular complexity index is 1120. The molecule has 0 heterocycles. The third kappa shape index (κ3) is 3.08. The normalized spacial score (nSPS) is 10.6. The van der Waals surface area contributed by atoms with Gasteiger partial charge in [0.25, 0.3) is 0 Å². The van der Waals surface area contributed by atoms with Crippen LogP contribution in [0.3, 0.4) is 0 Å². The molecule has 0 aliphatic carbocycles. The average molecular weight is 366 g/mol. The van der Waals surface area contributed by atoms with E-state index in [-0.39, 0.29) is 11.3 Å². The summed E-state index contributed by atoms with van der Waals surface area (Å²) in [6, 6.07) is 16.9. The molecule has 0 unspecified atom stereocenters. The standard InChI is InChI=1S/C21H14F2O2.C2H6/c1-25-21-17(23)11-13-7-3-5-9-15(13)19(21)18-14-8-4-2-6-12(14)10-16(22)20(18)24;1-2/h2-11,24H,1H3;1-2H3. The number of aromatic hydroxyl groups is 1. The first-order valence-corrected chi connectivity index (χ1v) is 8.77. The van der Waals surface area contributed by atoms with Gasteiger partial charge in [-0.2, -0.15) is 0 Å². The zero-order chi connectivity index (χ0) is 19.6. The highest BCUT2D eigenvalue weighted by molar-refractivity contribution is 6.09. The van der Waals surface area contributed by atoms with Crippen LogP contribution in [0.4, 0.5) is 8.78 Å². The van der Waals surface area contributed by atoms with E-state index in [2.05, 4.69) is 0 Å². The maximum Gasteiger partial charge on any atom is 0.166 e. The Morgan fingerprint density at radius 3 is 1.78 bits per heavy atom. The van der Waals surface area contributed by atoms with Crippen LogP contribution >= 0.6 is 0 Å². The van der Waals surface area contributed by atoms with E-state index in [1.165, 1.54) is 19.2 Å². The number of phenols is 1. The molecule has 0 amide bonds. The molecule has 0 radical (unpaired) electrons. The Balaban J connectivity index is 0.00000102. The summed E-state index contributed by atoms with van der Waals surface area (Å²) in [6.45, 7) is 4.00. The number of methoxy groups -OCH3 is 1. The zero-order valence-corrected chi connectivity index (χ0v) is 15.4. The van der Waals surface area contributed by atoms with Crippen molar-refractivity contribution in [2.75, 3.05) is 7.11 Å². The van der Waals surface area contributed by atoms with Gasteiger partial charge in [-0.25, -0.2) is 8.78 Å². The Hall–Kier alpha value is -3.14.